The van der Waals surface area contributed by atoms with E-state index < -0.39 is 6.10 Å². The number of aliphatic hydroxyl groups is 2. The lowest BCUT2D eigenvalue weighted by Crippen LogP contribution is -2.45. The summed E-state index contributed by atoms with van der Waals surface area (Å²) in [6, 6.07) is 1.96. The van der Waals surface area contributed by atoms with E-state index in [4.69, 9.17) is 5.11 Å². The molecule has 2 N–H and O–H groups in total. The van der Waals surface area contributed by atoms with Gasteiger partial charge in [0.2, 0.25) is 5.91 Å². The quantitative estimate of drug-likeness (QED) is 0.814. The van der Waals surface area contributed by atoms with E-state index >= 15 is 0 Å². The van der Waals surface area contributed by atoms with E-state index in [0.717, 1.165) is 23.5 Å². The summed E-state index contributed by atoms with van der Waals surface area (Å²) in [6.45, 7) is 3.10. The van der Waals surface area contributed by atoms with Crippen LogP contribution in [0.4, 0.5) is 0 Å². The summed E-state index contributed by atoms with van der Waals surface area (Å²) in [4.78, 5) is 17.4. The van der Waals surface area contributed by atoms with Crippen LogP contribution in [0.25, 0.3) is 6.08 Å². The molecular weight excluding hydrogens is 312 g/mol. The van der Waals surface area contributed by atoms with Gasteiger partial charge in [0.15, 0.2) is 0 Å². The predicted molar refractivity (Wildman–Crippen MR) is 91.1 cm³/mol. The van der Waals surface area contributed by atoms with E-state index in [0.29, 0.717) is 13.1 Å². The van der Waals surface area contributed by atoms with E-state index in [1.807, 2.05) is 11.4 Å². The van der Waals surface area contributed by atoms with Gasteiger partial charge in [0.1, 0.15) is 0 Å². The average molecular weight is 336 g/mol. The highest BCUT2D eigenvalue weighted by Gasteiger charge is 2.37. The van der Waals surface area contributed by atoms with Gasteiger partial charge in [-0.15, -0.1) is 11.3 Å². The molecule has 1 amide bonds. The molecule has 2 atom stereocenters. The van der Waals surface area contributed by atoms with Crippen LogP contribution in [0.1, 0.15) is 29.7 Å². The number of amides is 1. The number of rotatable bonds is 4. The molecular formula is C17H24N2O3S. The van der Waals surface area contributed by atoms with Gasteiger partial charge in [-0.05, 0) is 49.0 Å². The molecule has 2 aliphatic heterocycles. The Hall–Kier alpha value is -1.21. The van der Waals surface area contributed by atoms with Crippen molar-refractivity contribution < 1.29 is 15.0 Å². The van der Waals surface area contributed by atoms with Crippen LogP contribution in [0.15, 0.2) is 17.5 Å². The fourth-order valence-corrected chi connectivity index (χ4v) is 4.18. The molecule has 1 aromatic heterocycles. The van der Waals surface area contributed by atoms with E-state index in [9.17, 15) is 9.90 Å². The van der Waals surface area contributed by atoms with Crippen molar-refractivity contribution in [1.82, 2.24) is 9.80 Å². The highest BCUT2D eigenvalue weighted by Crippen LogP contribution is 2.21. The minimum absolute atomic E-state index is 0.0219. The Balaban J connectivity index is 1.57. The number of carbonyl (C=O) groups excluding carboxylic acids is 1. The van der Waals surface area contributed by atoms with E-state index in [2.05, 4.69) is 4.90 Å². The zero-order valence-corrected chi connectivity index (χ0v) is 14.0. The maximum atomic E-state index is 12.3. The number of hydrogen-bond acceptors (Lipinski definition) is 5. The summed E-state index contributed by atoms with van der Waals surface area (Å²) in [5.41, 5.74) is 0.865. The fourth-order valence-electron chi connectivity index (χ4n) is 3.38. The van der Waals surface area contributed by atoms with Crippen molar-refractivity contribution in [3.63, 3.8) is 0 Å². The van der Waals surface area contributed by atoms with Gasteiger partial charge in [0.25, 0.3) is 0 Å². The minimum atomic E-state index is -0.451. The molecule has 2 saturated heterocycles. The molecule has 3 heterocycles. The Kier molecular flexibility index (Phi) is 5.48. The van der Waals surface area contributed by atoms with Gasteiger partial charge in [0.05, 0.1) is 18.8 Å². The Morgan fingerprint density at radius 1 is 1.30 bits per heavy atom. The normalized spacial score (nSPS) is 26.3. The van der Waals surface area contributed by atoms with Crippen molar-refractivity contribution in [3.8, 4) is 0 Å². The minimum Gasteiger partial charge on any atom is -0.392 e. The van der Waals surface area contributed by atoms with Gasteiger partial charge in [-0.2, -0.15) is 0 Å². The lowest BCUT2D eigenvalue weighted by molar-refractivity contribution is -0.125. The summed E-state index contributed by atoms with van der Waals surface area (Å²) in [6.07, 6.45) is 6.53. The van der Waals surface area contributed by atoms with Crippen LogP contribution in [0.2, 0.25) is 0 Å². The molecule has 0 aromatic carbocycles. The topological polar surface area (TPSA) is 64.0 Å². The molecule has 0 spiro atoms. The third-order valence-corrected chi connectivity index (χ3v) is 5.62. The SMILES string of the molecule is O=C(C=Cc1cc(CO)cs1)N1CC(O)C(N2CCCCC2)C1. The number of carbonyl (C=O) groups is 1. The number of nitrogens with zero attached hydrogens (tertiary/aromatic N) is 2. The summed E-state index contributed by atoms with van der Waals surface area (Å²) in [7, 11) is 0. The van der Waals surface area contributed by atoms with Crippen LogP contribution in [-0.4, -0.2) is 64.2 Å². The molecule has 0 saturated carbocycles. The summed E-state index contributed by atoms with van der Waals surface area (Å²) < 4.78 is 0. The van der Waals surface area contributed by atoms with Gasteiger partial charge in [-0.1, -0.05) is 6.42 Å². The molecule has 6 heteroatoms. The van der Waals surface area contributed by atoms with Crippen LogP contribution >= 0.6 is 11.3 Å². The fraction of sp³-hybridized carbons (Fsp3) is 0.588. The highest BCUT2D eigenvalue weighted by atomic mass is 32.1. The predicted octanol–water partition coefficient (Wildman–Crippen LogP) is 1.31. The van der Waals surface area contributed by atoms with Crippen molar-refractivity contribution in [1.29, 1.82) is 0 Å². The second kappa shape index (κ2) is 7.57. The molecule has 2 unspecified atom stereocenters. The van der Waals surface area contributed by atoms with Gasteiger partial charge in [-0.25, -0.2) is 0 Å². The Labute approximate surface area is 140 Å². The number of piperidine rings is 1. The first kappa shape index (κ1) is 16.6. The second-order valence-electron chi connectivity index (χ2n) is 6.32. The third-order valence-electron chi connectivity index (χ3n) is 4.68. The first-order valence-corrected chi connectivity index (χ1v) is 9.12. The molecule has 0 bridgehead atoms. The van der Waals surface area contributed by atoms with Gasteiger partial charge in [0, 0.05) is 24.0 Å². The van der Waals surface area contributed by atoms with Crippen molar-refractivity contribution in [2.45, 2.75) is 38.0 Å². The van der Waals surface area contributed by atoms with Crippen LogP contribution in [-0.2, 0) is 11.4 Å². The van der Waals surface area contributed by atoms with Crippen LogP contribution in [0.3, 0.4) is 0 Å². The molecule has 1 aromatic rings. The van der Waals surface area contributed by atoms with Crippen LogP contribution in [0.5, 0.6) is 0 Å². The lowest BCUT2D eigenvalue weighted by Gasteiger charge is -2.33. The largest absolute Gasteiger partial charge is 0.392 e. The first-order chi connectivity index (χ1) is 11.2. The van der Waals surface area contributed by atoms with E-state index in [1.165, 1.54) is 30.6 Å². The van der Waals surface area contributed by atoms with Gasteiger partial charge >= 0.3 is 0 Å². The van der Waals surface area contributed by atoms with Crippen molar-refractivity contribution in [2.75, 3.05) is 26.2 Å². The van der Waals surface area contributed by atoms with Crippen molar-refractivity contribution in [2.24, 2.45) is 0 Å². The van der Waals surface area contributed by atoms with Crippen molar-refractivity contribution in [3.05, 3.63) is 28.0 Å². The molecule has 2 fully saturated rings. The average Bonchev–Trinajstić information content (AvgIpc) is 3.20. The second-order valence-corrected chi connectivity index (χ2v) is 7.27. The smallest absolute Gasteiger partial charge is 0.246 e. The van der Waals surface area contributed by atoms with Crippen molar-refractivity contribution >= 4 is 23.3 Å². The maximum absolute atomic E-state index is 12.3. The number of thiophene rings is 1. The Bertz CT molecular complexity index is 566. The standard InChI is InChI=1S/C17H24N2O3S/c20-11-13-8-14(23-12-13)4-5-17(22)19-9-15(16(21)10-19)18-6-2-1-3-7-18/h4-5,8,12,15-16,20-21H,1-3,6-7,9-11H2. The monoisotopic (exact) mass is 336 g/mol. The molecule has 126 valence electrons. The zero-order chi connectivity index (χ0) is 16.2. The van der Waals surface area contributed by atoms with Crippen LogP contribution < -0.4 is 0 Å². The molecule has 3 rings (SSSR count). The third kappa shape index (κ3) is 4.01. The number of aliphatic hydroxyl groups excluding tert-OH is 2. The molecule has 0 aliphatic carbocycles. The zero-order valence-electron chi connectivity index (χ0n) is 13.2. The molecule has 23 heavy (non-hydrogen) atoms. The molecule has 0 radical (unpaired) electrons. The van der Waals surface area contributed by atoms with Gasteiger partial charge < -0.3 is 15.1 Å². The summed E-state index contributed by atoms with van der Waals surface area (Å²) in [5.74, 6) is -0.0532. The summed E-state index contributed by atoms with van der Waals surface area (Å²) >= 11 is 1.51. The first-order valence-electron chi connectivity index (χ1n) is 8.25. The van der Waals surface area contributed by atoms with E-state index in [-0.39, 0.29) is 18.6 Å². The Morgan fingerprint density at radius 3 is 2.78 bits per heavy atom. The number of β-amino-alcohol motifs (C(OH)–C–C–N with tert-alkyl or cyclic N) is 1. The number of likely N-dealkylation sites (tertiary alicyclic amines) is 2. The van der Waals surface area contributed by atoms with E-state index in [1.54, 1.807) is 17.1 Å². The number of hydrogen-bond donors (Lipinski definition) is 2. The molecule has 2 aliphatic rings. The maximum Gasteiger partial charge on any atom is 0.246 e. The lowest BCUT2D eigenvalue weighted by atomic mass is 10.1. The highest BCUT2D eigenvalue weighted by molar-refractivity contribution is 7.11. The van der Waals surface area contributed by atoms with Crippen LogP contribution in [0, 0.1) is 0 Å². The summed E-state index contributed by atoms with van der Waals surface area (Å²) in [5, 5.41) is 21.2. The Morgan fingerprint density at radius 2 is 2.09 bits per heavy atom. The molecule has 5 nitrogen and oxygen atoms in total. The van der Waals surface area contributed by atoms with Gasteiger partial charge in [-0.3, -0.25) is 9.69 Å².